The lowest BCUT2D eigenvalue weighted by Gasteiger charge is -2.35. The van der Waals surface area contributed by atoms with Gasteiger partial charge in [0, 0.05) is 45.1 Å². The molecule has 1 amide bonds. The van der Waals surface area contributed by atoms with Crippen LogP contribution in [0.3, 0.4) is 0 Å². The summed E-state index contributed by atoms with van der Waals surface area (Å²) >= 11 is 1.43. The number of carbonyl (C=O) groups excluding carboxylic acids is 1. The van der Waals surface area contributed by atoms with Crippen LogP contribution in [0.25, 0.3) is 0 Å². The van der Waals surface area contributed by atoms with Crippen molar-refractivity contribution < 1.29 is 4.79 Å². The average Bonchev–Trinajstić information content (AvgIpc) is 2.96. The number of aryl methyl sites for hydroxylation is 1. The van der Waals surface area contributed by atoms with Gasteiger partial charge in [-0.3, -0.25) is 9.78 Å². The highest BCUT2D eigenvalue weighted by Crippen LogP contribution is 2.24. The number of piperazine rings is 1. The molecule has 0 aromatic carbocycles. The molecule has 0 atom stereocenters. The molecular formula is C15H20N6OS. The minimum Gasteiger partial charge on any atom is -0.362 e. The molecule has 122 valence electrons. The molecule has 1 aliphatic heterocycles. The number of anilines is 2. The second-order valence-corrected chi connectivity index (χ2v) is 6.31. The van der Waals surface area contributed by atoms with Gasteiger partial charge in [0.05, 0.1) is 11.9 Å². The summed E-state index contributed by atoms with van der Waals surface area (Å²) in [5, 5.41) is 3.98. The van der Waals surface area contributed by atoms with Crippen molar-refractivity contribution in [3.8, 4) is 0 Å². The molecule has 2 aromatic heterocycles. The Morgan fingerprint density at radius 3 is 2.74 bits per heavy atom. The van der Waals surface area contributed by atoms with Crippen LogP contribution >= 0.6 is 11.3 Å². The van der Waals surface area contributed by atoms with Gasteiger partial charge in [0.15, 0.2) is 5.13 Å². The normalized spacial score (nSPS) is 14.9. The lowest BCUT2D eigenvalue weighted by Crippen LogP contribution is -2.49. The Labute approximate surface area is 139 Å². The molecule has 0 aliphatic carbocycles. The number of carbonyl (C=O) groups is 1. The highest BCUT2D eigenvalue weighted by atomic mass is 32.1. The fourth-order valence-corrected chi connectivity index (χ4v) is 3.56. The number of nitrogens with zero attached hydrogens (tertiary/aromatic N) is 5. The van der Waals surface area contributed by atoms with Crippen LogP contribution in [0.2, 0.25) is 0 Å². The highest BCUT2D eigenvalue weighted by Gasteiger charge is 2.25. The van der Waals surface area contributed by atoms with Gasteiger partial charge in [0.25, 0.3) is 5.91 Å². The molecule has 1 fully saturated rings. The van der Waals surface area contributed by atoms with Gasteiger partial charge in [-0.2, -0.15) is 0 Å². The first-order chi connectivity index (χ1) is 11.2. The van der Waals surface area contributed by atoms with Crippen LogP contribution < -0.4 is 10.2 Å². The monoisotopic (exact) mass is 332 g/mol. The summed E-state index contributed by atoms with van der Waals surface area (Å²) in [4.78, 5) is 30.3. The van der Waals surface area contributed by atoms with E-state index in [-0.39, 0.29) is 5.91 Å². The Kier molecular flexibility index (Phi) is 4.71. The number of aromatic nitrogens is 3. The third-order valence-corrected chi connectivity index (χ3v) is 4.86. The number of hydrogen-bond acceptors (Lipinski definition) is 7. The van der Waals surface area contributed by atoms with Crippen molar-refractivity contribution in [1.82, 2.24) is 19.9 Å². The van der Waals surface area contributed by atoms with E-state index in [1.807, 2.05) is 18.7 Å². The van der Waals surface area contributed by atoms with Gasteiger partial charge in [-0.25, -0.2) is 9.97 Å². The molecule has 0 spiro atoms. The Balaban J connectivity index is 1.64. The molecule has 2 aromatic rings. The summed E-state index contributed by atoms with van der Waals surface area (Å²) in [5.41, 5.74) is 0.798. The fraction of sp³-hybridized carbons (Fsp3) is 0.467. The van der Waals surface area contributed by atoms with Gasteiger partial charge in [0.1, 0.15) is 10.7 Å². The summed E-state index contributed by atoms with van der Waals surface area (Å²) in [6.45, 7) is 7.61. The zero-order valence-corrected chi connectivity index (χ0v) is 14.1. The number of amides is 1. The first-order valence-electron chi connectivity index (χ1n) is 7.70. The lowest BCUT2D eigenvalue weighted by molar-refractivity contribution is 0.0750. The second kappa shape index (κ2) is 6.91. The van der Waals surface area contributed by atoms with Crippen LogP contribution in [0.1, 0.15) is 22.3 Å². The molecule has 3 heterocycles. The highest BCUT2D eigenvalue weighted by molar-refractivity contribution is 7.17. The zero-order valence-electron chi connectivity index (χ0n) is 13.3. The predicted octanol–water partition coefficient (Wildman–Crippen LogP) is 1.64. The molecule has 1 aliphatic rings. The van der Waals surface area contributed by atoms with E-state index >= 15 is 0 Å². The topological polar surface area (TPSA) is 74.2 Å². The van der Waals surface area contributed by atoms with Crippen LogP contribution in [0, 0.1) is 6.92 Å². The molecule has 0 radical (unpaired) electrons. The van der Waals surface area contributed by atoms with Crippen molar-refractivity contribution in [2.75, 3.05) is 42.9 Å². The zero-order chi connectivity index (χ0) is 16.2. The Morgan fingerprint density at radius 2 is 2.09 bits per heavy atom. The van der Waals surface area contributed by atoms with Gasteiger partial charge < -0.3 is 15.1 Å². The van der Waals surface area contributed by atoms with Gasteiger partial charge >= 0.3 is 0 Å². The van der Waals surface area contributed by atoms with Gasteiger partial charge in [0.2, 0.25) is 0 Å². The Bertz CT molecular complexity index is 666. The molecular weight excluding hydrogens is 312 g/mol. The maximum Gasteiger partial charge on any atom is 0.266 e. The van der Waals surface area contributed by atoms with E-state index in [9.17, 15) is 4.79 Å². The minimum absolute atomic E-state index is 0.0722. The maximum atomic E-state index is 12.7. The van der Waals surface area contributed by atoms with Gasteiger partial charge in [-0.1, -0.05) is 11.3 Å². The van der Waals surface area contributed by atoms with Crippen LogP contribution in [-0.4, -0.2) is 58.5 Å². The molecule has 7 nitrogen and oxygen atoms in total. The van der Waals surface area contributed by atoms with Crippen LogP contribution in [-0.2, 0) is 0 Å². The molecule has 3 rings (SSSR count). The van der Waals surface area contributed by atoms with Crippen molar-refractivity contribution in [3.05, 3.63) is 29.2 Å². The van der Waals surface area contributed by atoms with E-state index in [4.69, 9.17) is 0 Å². The molecule has 8 heteroatoms. The Hall–Kier alpha value is -2.22. The van der Waals surface area contributed by atoms with Crippen LogP contribution in [0.4, 0.5) is 10.9 Å². The van der Waals surface area contributed by atoms with E-state index in [1.54, 1.807) is 18.6 Å². The molecule has 23 heavy (non-hydrogen) atoms. The summed E-state index contributed by atoms with van der Waals surface area (Å²) in [6, 6.07) is 0. The third-order valence-electron chi connectivity index (χ3n) is 3.76. The van der Waals surface area contributed by atoms with Crippen molar-refractivity contribution in [2.24, 2.45) is 0 Å². The van der Waals surface area contributed by atoms with E-state index in [1.165, 1.54) is 11.3 Å². The Morgan fingerprint density at radius 1 is 1.30 bits per heavy atom. The van der Waals surface area contributed by atoms with Crippen LogP contribution in [0.15, 0.2) is 18.6 Å². The second-order valence-electron chi connectivity index (χ2n) is 5.31. The summed E-state index contributed by atoms with van der Waals surface area (Å²) in [5.74, 6) is 0.936. The number of thiazole rings is 1. The molecule has 0 unspecified atom stereocenters. The van der Waals surface area contributed by atoms with Crippen molar-refractivity contribution in [1.29, 1.82) is 0 Å². The average molecular weight is 332 g/mol. The SMILES string of the molecule is CCNc1nc(C)c(C(=O)N2CCN(c3cnccn3)CC2)s1. The van der Waals surface area contributed by atoms with E-state index in [0.717, 1.165) is 41.2 Å². The fourth-order valence-electron chi connectivity index (χ4n) is 2.56. The quantitative estimate of drug-likeness (QED) is 0.917. The maximum absolute atomic E-state index is 12.7. The van der Waals surface area contributed by atoms with Gasteiger partial charge in [-0.15, -0.1) is 0 Å². The smallest absolute Gasteiger partial charge is 0.266 e. The molecule has 0 saturated carbocycles. The van der Waals surface area contributed by atoms with Crippen molar-refractivity contribution in [3.63, 3.8) is 0 Å². The summed E-state index contributed by atoms with van der Waals surface area (Å²) in [6.07, 6.45) is 5.11. The van der Waals surface area contributed by atoms with E-state index in [2.05, 4.69) is 25.2 Å². The standard InChI is InChI=1S/C15H20N6OS/c1-3-17-15-19-11(2)13(23-15)14(22)21-8-6-20(7-9-21)12-10-16-4-5-18-12/h4-5,10H,3,6-9H2,1-2H3,(H,17,19). The molecule has 1 N–H and O–H groups in total. The largest absolute Gasteiger partial charge is 0.362 e. The third kappa shape index (κ3) is 3.42. The van der Waals surface area contributed by atoms with Crippen molar-refractivity contribution >= 4 is 28.2 Å². The number of hydrogen-bond donors (Lipinski definition) is 1. The predicted molar refractivity (Wildman–Crippen MR) is 91.2 cm³/mol. The van der Waals surface area contributed by atoms with Crippen molar-refractivity contribution in [2.45, 2.75) is 13.8 Å². The van der Waals surface area contributed by atoms with Crippen LogP contribution in [0.5, 0.6) is 0 Å². The number of rotatable bonds is 4. The summed E-state index contributed by atoms with van der Waals surface area (Å²) in [7, 11) is 0. The first kappa shape index (κ1) is 15.7. The van der Waals surface area contributed by atoms with E-state index in [0.29, 0.717) is 13.1 Å². The lowest BCUT2D eigenvalue weighted by atomic mass is 10.2. The molecule has 0 bridgehead atoms. The first-order valence-corrected chi connectivity index (χ1v) is 8.52. The van der Waals surface area contributed by atoms with E-state index < -0.39 is 0 Å². The minimum atomic E-state index is 0.0722. The number of nitrogens with one attached hydrogen (secondary N) is 1. The molecule has 1 saturated heterocycles. The summed E-state index contributed by atoms with van der Waals surface area (Å²) < 4.78 is 0. The van der Waals surface area contributed by atoms with Gasteiger partial charge in [-0.05, 0) is 13.8 Å².